The molecule has 24 heavy (non-hydrogen) atoms. The minimum absolute atomic E-state index is 0.123. The molecule has 0 spiro atoms. The topological polar surface area (TPSA) is 94.9 Å². The number of aryl methyl sites for hydroxylation is 1. The summed E-state index contributed by atoms with van der Waals surface area (Å²) in [6.45, 7) is 1.90. The van der Waals surface area contributed by atoms with Crippen molar-refractivity contribution >= 4 is 52.2 Å². The van der Waals surface area contributed by atoms with Crippen molar-refractivity contribution in [2.75, 3.05) is 0 Å². The molecule has 0 saturated carbocycles. The summed E-state index contributed by atoms with van der Waals surface area (Å²) in [5, 5.41) is 18.1. The van der Waals surface area contributed by atoms with Gasteiger partial charge in [0, 0.05) is 6.42 Å². The fraction of sp³-hybridized carbons (Fsp3) is 0.250. The molecule has 1 aromatic rings. The van der Waals surface area contributed by atoms with Crippen molar-refractivity contribution in [3.63, 3.8) is 0 Å². The normalized spacial score (nSPS) is 17.4. The van der Waals surface area contributed by atoms with Crippen LogP contribution in [0.5, 0.6) is 0 Å². The number of benzene rings is 1. The number of aliphatic carboxylic acids is 2. The van der Waals surface area contributed by atoms with Gasteiger partial charge in [0.2, 0.25) is 0 Å². The highest BCUT2D eigenvalue weighted by Crippen LogP contribution is 2.35. The molecule has 2 rings (SSSR count). The molecule has 2 N–H and O–H groups in total. The summed E-state index contributed by atoms with van der Waals surface area (Å²) in [6, 6.07) is 6.19. The first-order valence-electron chi connectivity index (χ1n) is 7.08. The van der Waals surface area contributed by atoms with Gasteiger partial charge in [0.05, 0.1) is 4.91 Å². The van der Waals surface area contributed by atoms with Crippen molar-refractivity contribution in [1.82, 2.24) is 4.90 Å². The molecule has 0 bridgehead atoms. The zero-order chi connectivity index (χ0) is 17.9. The number of amides is 1. The number of hydrogen-bond donors (Lipinski definition) is 2. The highest BCUT2D eigenvalue weighted by Gasteiger charge is 2.40. The molecule has 1 fully saturated rings. The van der Waals surface area contributed by atoms with Crippen LogP contribution in [0.15, 0.2) is 29.2 Å². The van der Waals surface area contributed by atoms with Crippen molar-refractivity contribution in [2.45, 2.75) is 25.8 Å². The molecule has 1 unspecified atom stereocenters. The molecule has 8 heteroatoms. The molecule has 0 aromatic heterocycles. The van der Waals surface area contributed by atoms with E-state index in [1.807, 2.05) is 31.2 Å². The first kappa shape index (κ1) is 18.2. The maximum Gasteiger partial charge on any atom is 0.326 e. The van der Waals surface area contributed by atoms with Crippen LogP contribution in [0, 0.1) is 6.92 Å². The number of thioether (sulfide) groups is 1. The smallest absolute Gasteiger partial charge is 0.326 e. The Labute approximate surface area is 148 Å². The summed E-state index contributed by atoms with van der Waals surface area (Å²) in [5.41, 5.74) is 1.82. The van der Waals surface area contributed by atoms with E-state index in [0.717, 1.165) is 27.8 Å². The van der Waals surface area contributed by atoms with E-state index in [9.17, 15) is 19.5 Å². The largest absolute Gasteiger partial charge is 0.481 e. The summed E-state index contributed by atoms with van der Waals surface area (Å²) in [4.78, 5) is 36.0. The Balaban J connectivity index is 2.28. The SMILES string of the molecule is Cc1ccccc1C=C1SC(=S)N(C(CCC(=O)O)C(=O)O)C1=O. The molecule has 1 saturated heterocycles. The van der Waals surface area contributed by atoms with Gasteiger partial charge in [-0.2, -0.15) is 0 Å². The van der Waals surface area contributed by atoms with Gasteiger partial charge in [0.1, 0.15) is 10.4 Å². The van der Waals surface area contributed by atoms with E-state index in [4.69, 9.17) is 17.3 Å². The molecule has 1 amide bonds. The predicted molar refractivity (Wildman–Crippen MR) is 94.5 cm³/mol. The van der Waals surface area contributed by atoms with Crippen LogP contribution in [-0.4, -0.2) is 43.3 Å². The summed E-state index contributed by atoms with van der Waals surface area (Å²) < 4.78 is 0.123. The quantitative estimate of drug-likeness (QED) is 0.591. The fourth-order valence-corrected chi connectivity index (χ4v) is 3.61. The highest BCUT2D eigenvalue weighted by molar-refractivity contribution is 8.26. The lowest BCUT2D eigenvalue weighted by atomic mass is 10.1. The van der Waals surface area contributed by atoms with Gasteiger partial charge in [-0.05, 0) is 30.5 Å². The van der Waals surface area contributed by atoms with Crippen molar-refractivity contribution in [3.05, 3.63) is 40.3 Å². The molecule has 1 aliphatic heterocycles. The van der Waals surface area contributed by atoms with Crippen molar-refractivity contribution in [3.8, 4) is 0 Å². The van der Waals surface area contributed by atoms with Crippen LogP contribution in [0.1, 0.15) is 24.0 Å². The molecule has 1 heterocycles. The summed E-state index contributed by atoms with van der Waals surface area (Å²) in [5.74, 6) is -2.90. The standard InChI is InChI=1S/C16H15NO5S2/c1-9-4-2-3-5-10(9)8-12-14(20)17(16(23)24-12)11(15(21)22)6-7-13(18)19/h2-5,8,11H,6-7H2,1H3,(H,18,19)(H,21,22). The Morgan fingerprint density at radius 3 is 2.58 bits per heavy atom. The lowest BCUT2D eigenvalue weighted by molar-refractivity contribution is -0.146. The van der Waals surface area contributed by atoms with Gasteiger partial charge in [-0.15, -0.1) is 0 Å². The monoisotopic (exact) mass is 365 g/mol. The van der Waals surface area contributed by atoms with Crippen molar-refractivity contribution in [1.29, 1.82) is 0 Å². The van der Waals surface area contributed by atoms with Crippen LogP contribution in [-0.2, 0) is 14.4 Å². The zero-order valence-corrected chi connectivity index (χ0v) is 14.4. The van der Waals surface area contributed by atoms with Crippen LogP contribution >= 0.6 is 24.0 Å². The second kappa shape index (κ2) is 7.59. The van der Waals surface area contributed by atoms with Crippen molar-refractivity contribution < 1.29 is 24.6 Å². The Bertz CT molecular complexity index is 744. The second-order valence-corrected chi connectivity index (χ2v) is 6.87. The summed E-state index contributed by atoms with van der Waals surface area (Å²) in [7, 11) is 0. The van der Waals surface area contributed by atoms with Crippen LogP contribution in [0.4, 0.5) is 0 Å². The number of thiocarbonyl (C=S) groups is 1. The van der Waals surface area contributed by atoms with E-state index >= 15 is 0 Å². The van der Waals surface area contributed by atoms with Gasteiger partial charge in [0.25, 0.3) is 5.91 Å². The number of carbonyl (C=O) groups excluding carboxylic acids is 1. The van der Waals surface area contributed by atoms with E-state index in [0.29, 0.717) is 4.91 Å². The summed E-state index contributed by atoms with van der Waals surface area (Å²) >= 11 is 6.16. The van der Waals surface area contributed by atoms with Gasteiger partial charge in [-0.3, -0.25) is 14.5 Å². The molecule has 1 atom stereocenters. The third-order valence-corrected chi connectivity index (χ3v) is 4.86. The molecule has 1 aromatic carbocycles. The van der Waals surface area contributed by atoms with E-state index in [1.165, 1.54) is 0 Å². The Morgan fingerprint density at radius 1 is 1.33 bits per heavy atom. The molecule has 0 aliphatic carbocycles. The molecule has 126 valence electrons. The zero-order valence-electron chi connectivity index (χ0n) is 12.8. The molecule has 6 nitrogen and oxygen atoms in total. The van der Waals surface area contributed by atoms with Crippen LogP contribution in [0.25, 0.3) is 6.08 Å². The number of carboxylic acids is 2. The summed E-state index contributed by atoms with van der Waals surface area (Å²) in [6.07, 6.45) is 1.12. The minimum Gasteiger partial charge on any atom is -0.481 e. The Hall–Kier alpha value is -2.19. The number of nitrogens with zero attached hydrogens (tertiary/aromatic N) is 1. The molecule has 1 aliphatic rings. The maximum absolute atomic E-state index is 12.6. The van der Waals surface area contributed by atoms with Crippen LogP contribution in [0.3, 0.4) is 0 Å². The lowest BCUT2D eigenvalue weighted by Gasteiger charge is -2.22. The first-order chi connectivity index (χ1) is 11.3. The maximum atomic E-state index is 12.6. The second-order valence-electron chi connectivity index (χ2n) is 5.19. The fourth-order valence-electron chi connectivity index (χ4n) is 2.26. The van der Waals surface area contributed by atoms with Gasteiger partial charge < -0.3 is 10.2 Å². The third-order valence-electron chi connectivity index (χ3n) is 3.53. The molecular weight excluding hydrogens is 350 g/mol. The average molecular weight is 365 g/mol. The van der Waals surface area contributed by atoms with Gasteiger partial charge in [-0.25, -0.2) is 4.79 Å². The minimum atomic E-state index is -1.28. The van der Waals surface area contributed by atoms with E-state index in [1.54, 1.807) is 6.08 Å². The van der Waals surface area contributed by atoms with Crippen molar-refractivity contribution in [2.24, 2.45) is 0 Å². The van der Waals surface area contributed by atoms with Gasteiger partial charge in [0.15, 0.2) is 0 Å². The van der Waals surface area contributed by atoms with Crippen LogP contribution in [0.2, 0.25) is 0 Å². The van der Waals surface area contributed by atoms with E-state index in [2.05, 4.69) is 0 Å². The third kappa shape index (κ3) is 4.01. The molecular formula is C16H15NO5S2. The number of rotatable bonds is 6. The number of carbonyl (C=O) groups is 3. The Morgan fingerprint density at radius 2 is 2.00 bits per heavy atom. The number of hydrogen-bond acceptors (Lipinski definition) is 5. The number of carboxylic acid groups (broad SMARTS) is 2. The van der Waals surface area contributed by atoms with E-state index < -0.39 is 23.9 Å². The predicted octanol–water partition coefficient (Wildman–Crippen LogP) is 2.51. The average Bonchev–Trinajstić information content (AvgIpc) is 2.77. The highest BCUT2D eigenvalue weighted by atomic mass is 32.2. The Kier molecular flexibility index (Phi) is 5.74. The van der Waals surface area contributed by atoms with Gasteiger partial charge >= 0.3 is 11.9 Å². The first-order valence-corrected chi connectivity index (χ1v) is 8.31. The van der Waals surface area contributed by atoms with E-state index in [-0.39, 0.29) is 17.2 Å². The molecule has 0 radical (unpaired) electrons. The lowest BCUT2D eigenvalue weighted by Crippen LogP contribution is -2.44. The van der Waals surface area contributed by atoms with Crippen LogP contribution < -0.4 is 0 Å². The van der Waals surface area contributed by atoms with Gasteiger partial charge in [-0.1, -0.05) is 48.2 Å².